The van der Waals surface area contributed by atoms with Crippen LogP contribution in [-0.4, -0.2) is 63.8 Å². The van der Waals surface area contributed by atoms with E-state index < -0.39 is 17.6 Å². The Balaban J connectivity index is 1.31. The highest BCUT2D eigenvalue weighted by atomic mass is 19.4. The summed E-state index contributed by atoms with van der Waals surface area (Å²) in [6, 6.07) is 4.05. The van der Waals surface area contributed by atoms with Crippen molar-refractivity contribution in [3.8, 4) is 11.5 Å². The number of carbonyl (C=O) groups is 1. The molecule has 1 aromatic carbocycles. The van der Waals surface area contributed by atoms with E-state index in [-0.39, 0.29) is 11.5 Å². The molecule has 0 bridgehead atoms. The van der Waals surface area contributed by atoms with Gasteiger partial charge >= 0.3 is 6.18 Å². The highest BCUT2D eigenvalue weighted by Crippen LogP contribution is 2.36. The molecule has 2 aromatic heterocycles. The van der Waals surface area contributed by atoms with Crippen LogP contribution in [0.4, 0.5) is 18.9 Å². The molecule has 11 heteroatoms. The van der Waals surface area contributed by atoms with E-state index in [2.05, 4.69) is 43.4 Å². The molecule has 8 nitrogen and oxygen atoms in total. The van der Waals surface area contributed by atoms with Crippen LogP contribution >= 0.6 is 0 Å². The minimum absolute atomic E-state index is 0.103. The molecule has 1 aliphatic carbocycles. The smallest absolute Gasteiger partial charge is 0.379 e. The number of carbonyl (C=O) groups excluding carboxylic acids is 1. The van der Waals surface area contributed by atoms with Crippen LogP contribution < -0.4 is 5.32 Å². The van der Waals surface area contributed by atoms with E-state index in [0.717, 1.165) is 68.5 Å². The van der Waals surface area contributed by atoms with E-state index in [4.69, 9.17) is 4.74 Å². The van der Waals surface area contributed by atoms with Crippen LogP contribution in [-0.2, 0) is 10.9 Å². The maximum absolute atomic E-state index is 12.8. The topological polar surface area (TPSA) is 98.9 Å². The van der Waals surface area contributed by atoms with E-state index in [9.17, 15) is 18.0 Å². The molecule has 3 heterocycles. The molecule has 184 valence electrons. The fourth-order valence-electron chi connectivity index (χ4n) is 4.46. The highest BCUT2D eigenvalue weighted by Gasteiger charge is 2.31. The van der Waals surface area contributed by atoms with Crippen molar-refractivity contribution in [1.82, 2.24) is 25.1 Å². The summed E-state index contributed by atoms with van der Waals surface area (Å²) < 4.78 is 43.8. The number of hydrogen-bond donors (Lipinski definition) is 3. The van der Waals surface area contributed by atoms with Gasteiger partial charge in [0, 0.05) is 36.8 Å². The molecule has 1 aliphatic heterocycles. The molecule has 2 atom stereocenters. The summed E-state index contributed by atoms with van der Waals surface area (Å²) in [6.07, 6.45) is 1.18. The third-order valence-electron chi connectivity index (χ3n) is 6.53. The fourth-order valence-corrected chi connectivity index (χ4v) is 4.46. The summed E-state index contributed by atoms with van der Waals surface area (Å²) in [5, 5.41) is 9.59. The van der Waals surface area contributed by atoms with Gasteiger partial charge in [-0.25, -0.2) is 4.98 Å². The fraction of sp³-hybridized carbons (Fsp3) is 0.375. The van der Waals surface area contributed by atoms with Crippen molar-refractivity contribution in [3.05, 3.63) is 59.1 Å². The van der Waals surface area contributed by atoms with Gasteiger partial charge in [0.05, 0.1) is 36.4 Å². The summed E-state index contributed by atoms with van der Waals surface area (Å²) in [6.45, 7) is 6.46. The quantitative estimate of drug-likeness (QED) is 0.503. The summed E-state index contributed by atoms with van der Waals surface area (Å²) in [5.41, 5.74) is 2.00. The van der Waals surface area contributed by atoms with E-state index in [1.807, 2.05) is 6.08 Å². The number of anilines is 1. The van der Waals surface area contributed by atoms with Crippen LogP contribution in [0.3, 0.4) is 0 Å². The number of H-pyrrole nitrogens is 2. The summed E-state index contributed by atoms with van der Waals surface area (Å²) in [4.78, 5) is 23.1. The predicted molar refractivity (Wildman–Crippen MR) is 124 cm³/mol. The number of rotatable bonds is 5. The number of imidazole rings is 1. The molecular weight excluding hydrogens is 461 g/mol. The molecule has 1 amide bonds. The predicted octanol–water partition coefficient (Wildman–Crippen LogP) is 4.15. The highest BCUT2D eigenvalue weighted by molar-refractivity contribution is 6.05. The maximum Gasteiger partial charge on any atom is 0.416 e. The van der Waals surface area contributed by atoms with Crippen LogP contribution in [0.25, 0.3) is 17.6 Å². The standard InChI is InChI=1S/C24H25F3N6O2/c1-14-16(13-33-8-10-35-11-9-33)4-7-18-20(14)31-22(29-18)21-19(12-28-32-21)30-23(34)15-2-5-17(6-3-15)24(25,26)27/h2-7,12,14,16H,8-11,13H2,1H3,(H,28,32)(H,29,31)(H,30,34). The summed E-state index contributed by atoms with van der Waals surface area (Å²) >= 11 is 0. The molecule has 0 spiro atoms. The second kappa shape index (κ2) is 9.31. The Kier molecular flexibility index (Phi) is 6.20. The molecule has 1 fully saturated rings. The average molecular weight is 486 g/mol. The Bertz CT molecular complexity index is 1220. The van der Waals surface area contributed by atoms with Gasteiger partial charge in [-0.1, -0.05) is 13.0 Å². The first-order valence-electron chi connectivity index (χ1n) is 11.4. The molecule has 35 heavy (non-hydrogen) atoms. The number of nitrogens with one attached hydrogen (secondary N) is 3. The number of nitrogens with zero attached hydrogens (tertiary/aromatic N) is 3. The van der Waals surface area contributed by atoms with Crippen molar-refractivity contribution >= 4 is 17.7 Å². The van der Waals surface area contributed by atoms with Gasteiger partial charge in [0.25, 0.3) is 5.91 Å². The largest absolute Gasteiger partial charge is 0.416 e. The van der Waals surface area contributed by atoms with Crippen molar-refractivity contribution in [3.63, 3.8) is 0 Å². The number of benzene rings is 1. The second-order valence-corrected chi connectivity index (χ2v) is 8.80. The van der Waals surface area contributed by atoms with Crippen molar-refractivity contribution < 1.29 is 22.7 Å². The van der Waals surface area contributed by atoms with Gasteiger partial charge in [-0.3, -0.25) is 14.8 Å². The number of aromatic nitrogens is 4. The van der Waals surface area contributed by atoms with Gasteiger partial charge in [0.1, 0.15) is 5.69 Å². The first-order chi connectivity index (χ1) is 16.8. The van der Waals surface area contributed by atoms with Crippen LogP contribution in [0.5, 0.6) is 0 Å². The average Bonchev–Trinajstić information content (AvgIpc) is 3.48. The number of hydrogen-bond acceptors (Lipinski definition) is 5. The lowest BCUT2D eigenvalue weighted by atomic mass is 9.85. The normalized spacial score (nSPS) is 20.6. The van der Waals surface area contributed by atoms with Crippen molar-refractivity contribution in [2.75, 3.05) is 38.2 Å². The van der Waals surface area contributed by atoms with Gasteiger partial charge < -0.3 is 15.0 Å². The first kappa shape index (κ1) is 23.3. The van der Waals surface area contributed by atoms with Gasteiger partial charge in [0.15, 0.2) is 5.82 Å². The molecule has 3 N–H and O–H groups in total. The van der Waals surface area contributed by atoms with Gasteiger partial charge in [-0.2, -0.15) is 18.3 Å². The van der Waals surface area contributed by atoms with Crippen LogP contribution in [0, 0.1) is 5.92 Å². The number of halogens is 3. The summed E-state index contributed by atoms with van der Waals surface area (Å²) in [5.74, 6) is 0.525. The number of alkyl halides is 3. The zero-order valence-electron chi connectivity index (χ0n) is 19.0. The van der Waals surface area contributed by atoms with E-state index in [1.165, 1.54) is 6.20 Å². The number of amides is 1. The third-order valence-corrected chi connectivity index (χ3v) is 6.53. The lowest BCUT2D eigenvalue weighted by molar-refractivity contribution is -0.137. The minimum atomic E-state index is -4.46. The number of ether oxygens (including phenoxy) is 1. The number of aromatic amines is 2. The Hall–Kier alpha value is -3.44. The van der Waals surface area contributed by atoms with Crippen LogP contribution in [0.2, 0.25) is 0 Å². The lowest BCUT2D eigenvalue weighted by Crippen LogP contribution is -2.40. The summed E-state index contributed by atoms with van der Waals surface area (Å²) in [7, 11) is 0. The Morgan fingerprint density at radius 1 is 1.23 bits per heavy atom. The van der Waals surface area contributed by atoms with Crippen molar-refractivity contribution in [2.45, 2.75) is 19.0 Å². The Morgan fingerprint density at radius 3 is 2.69 bits per heavy atom. The SMILES string of the molecule is CC1c2[nH]c(-c3[nH]ncc3NC(=O)c3ccc(C(F)(F)F)cc3)nc2C=CC1CN1CCOCC1. The molecule has 0 radical (unpaired) electrons. The minimum Gasteiger partial charge on any atom is -0.379 e. The van der Waals surface area contributed by atoms with E-state index in [0.29, 0.717) is 23.1 Å². The monoisotopic (exact) mass is 486 g/mol. The molecule has 2 aliphatic rings. The number of morpholine rings is 1. The van der Waals surface area contributed by atoms with Gasteiger partial charge in [-0.15, -0.1) is 0 Å². The van der Waals surface area contributed by atoms with E-state index in [1.54, 1.807) is 0 Å². The van der Waals surface area contributed by atoms with Gasteiger partial charge in [0.2, 0.25) is 0 Å². The molecule has 1 saturated heterocycles. The zero-order chi connectivity index (χ0) is 24.6. The molecule has 5 rings (SSSR count). The third kappa shape index (κ3) is 4.87. The number of fused-ring (bicyclic) bond motifs is 1. The Labute approximate surface area is 199 Å². The molecule has 3 aromatic rings. The molecular formula is C24H25F3N6O2. The second-order valence-electron chi connectivity index (χ2n) is 8.80. The van der Waals surface area contributed by atoms with Crippen LogP contribution in [0.15, 0.2) is 36.5 Å². The molecule has 0 saturated carbocycles. The first-order valence-corrected chi connectivity index (χ1v) is 11.4. The Morgan fingerprint density at radius 2 is 1.97 bits per heavy atom. The van der Waals surface area contributed by atoms with Crippen molar-refractivity contribution in [1.29, 1.82) is 0 Å². The van der Waals surface area contributed by atoms with Gasteiger partial charge in [-0.05, 0) is 36.3 Å². The zero-order valence-corrected chi connectivity index (χ0v) is 19.0. The van der Waals surface area contributed by atoms with Crippen LogP contribution in [0.1, 0.15) is 40.2 Å². The van der Waals surface area contributed by atoms with Crippen molar-refractivity contribution in [2.24, 2.45) is 5.92 Å². The maximum atomic E-state index is 12.8. The molecule has 2 unspecified atom stereocenters. The lowest BCUT2D eigenvalue weighted by Gasteiger charge is -2.32. The van der Waals surface area contributed by atoms with E-state index >= 15 is 0 Å².